The average molecular weight is 373 g/mol. The van der Waals surface area contributed by atoms with Crippen LogP contribution in [0.1, 0.15) is 55.0 Å². The van der Waals surface area contributed by atoms with E-state index in [1.165, 1.54) is 11.3 Å². The van der Waals surface area contributed by atoms with Gasteiger partial charge in [0, 0.05) is 37.4 Å². The van der Waals surface area contributed by atoms with Gasteiger partial charge in [0.05, 0.1) is 10.7 Å². The Hall–Kier alpha value is -2.22. The second-order valence-corrected chi connectivity index (χ2v) is 8.17. The number of aromatic nitrogens is 3. The van der Waals surface area contributed by atoms with Gasteiger partial charge in [-0.25, -0.2) is 4.98 Å². The van der Waals surface area contributed by atoms with Gasteiger partial charge in [-0.1, -0.05) is 0 Å². The van der Waals surface area contributed by atoms with Gasteiger partial charge in [-0.2, -0.15) is 5.10 Å². The summed E-state index contributed by atoms with van der Waals surface area (Å²) in [5.74, 6) is 0.0200. The highest BCUT2D eigenvalue weighted by Crippen LogP contribution is 2.24. The Morgan fingerprint density at radius 3 is 2.42 bits per heavy atom. The molecule has 0 bridgehead atoms. The molecule has 0 aromatic carbocycles. The normalized spacial score (nSPS) is 17.3. The average Bonchev–Trinajstić information content (AvgIpc) is 3.25. The molecule has 2 aromatic heterocycles. The van der Waals surface area contributed by atoms with Crippen LogP contribution in [0.25, 0.3) is 0 Å². The summed E-state index contributed by atoms with van der Waals surface area (Å²) in [6, 6.07) is 0. The van der Waals surface area contributed by atoms with E-state index in [4.69, 9.17) is 0 Å². The van der Waals surface area contributed by atoms with E-state index in [2.05, 4.69) is 15.2 Å². The first-order chi connectivity index (χ1) is 12.5. The maximum atomic E-state index is 12.9. The molecule has 2 aliphatic rings. The van der Waals surface area contributed by atoms with Crippen LogP contribution in [0.4, 0.5) is 0 Å². The van der Waals surface area contributed by atoms with Crippen molar-refractivity contribution < 1.29 is 9.59 Å². The van der Waals surface area contributed by atoms with E-state index in [0.717, 1.165) is 47.6 Å². The Kier molecular flexibility index (Phi) is 4.52. The lowest BCUT2D eigenvalue weighted by molar-refractivity contribution is 0.0716. The Morgan fingerprint density at radius 2 is 1.73 bits per heavy atom. The van der Waals surface area contributed by atoms with E-state index < -0.39 is 0 Å². The molecule has 138 valence electrons. The highest BCUT2D eigenvalue weighted by molar-refractivity contribution is 7.13. The molecule has 1 aliphatic carbocycles. The van der Waals surface area contributed by atoms with Crippen LogP contribution >= 0.6 is 11.3 Å². The number of hydrogen-bond acceptors (Lipinski definition) is 5. The number of thiazole rings is 1. The molecular formula is C18H23N5O2S. The summed E-state index contributed by atoms with van der Waals surface area (Å²) in [5.41, 5.74) is 3.56. The summed E-state index contributed by atoms with van der Waals surface area (Å²) < 4.78 is 0. The molecule has 1 fully saturated rings. The summed E-state index contributed by atoms with van der Waals surface area (Å²) in [7, 11) is 0. The lowest BCUT2D eigenvalue weighted by atomic mass is 10.2. The Labute approximate surface area is 156 Å². The standard InChI is InChI=1S/C18H23N5O2S/c1-11-16(26-12(2)19-11)18(25)23-8-4-7-22(9-10-23)17(24)15-13-5-3-6-14(13)20-21-15/h3-10H2,1-2H3,(H,20,21). The number of H-pyrrole nitrogens is 1. The molecule has 0 radical (unpaired) electrons. The lowest BCUT2D eigenvalue weighted by Gasteiger charge is -2.21. The predicted octanol–water partition coefficient (Wildman–Crippen LogP) is 1.96. The number of hydrogen-bond donors (Lipinski definition) is 1. The van der Waals surface area contributed by atoms with Crippen LogP contribution < -0.4 is 0 Å². The van der Waals surface area contributed by atoms with E-state index in [-0.39, 0.29) is 11.8 Å². The van der Waals surface area contributed by atoms with Gasteiger partial charge >= 0.3 is 0 Å². The largest absolute Gasteiger partial charge is 0.336 e. The third-order valence-electron chi connectivity index (χ3n) is 5.18. The molecule has 0 atom stereocenters. The van der Waals surface area contributed by atoms with Gasteiger partial charge in [-0.3, -0.25) is 14.7 Å². The van der Waals surface area contributed by atoms with Gasteiger partial charge in [-0.05, 0) is 39.5 Å². The summed E-state index contributed by atoms with van der Waals surface area (Å²) in [4.78, 5) is 34.5. The Bertz CT molecular complexity index is 856. The first-order valence-electron chi connectivity index (χ1n) is 9.13. The van der Waals surface area contributed by atoms with Crippen molar-refractivity contribution in [3.63, 3.8) is 0 Å². The van der Waals surface area contributed by atoms with E-state index >= 15 is 0 Å². The molecule has 3 heterocycles. The van der Waals surface area contributed by atoms with Gasteiger partial charge in [0.1, 0.15) is 4.88 Å². The fourth-order valence-electron chi connectivity index (χ4n) is 3.84. The quantitative estimate of drug-likeness (QED) is 0.872. The number of fused-ring (bicyclic) bond motifs is 1. The lowest BCUT2D eigenvalue weighted by Crippen LogP contribution is -2.37. The van der Waals surface area contributed by atoms with Gasteiger partial charge in [0.15, 0.2) is 5.69 Å². The molecule has 0 unspecified atom stereocenters. The number of amides is 2. The molecule has 7 nitrogen and oxygen atoms in total. The molecule has 8 heteroatoms. The van der Waals surface area contributed by atoms with Gasteiger partial charge < -0.3 is 9.80 Å². The van der Waals surface area contributed by atoms with Gasteiger partial charge in [0.25, 0.3) is 11.8 Å². The van der Waals surface area contributed by atoms with E-state index in [0.29, 0.717) is 36.8 Å². The third kappa shape index (κ3) is 3.02. The molecule has 2 aromatic rings. The minimum absolute atomic E-state index is 0.0106. The summed E-state index contributed by atoms with van der Waals surface area (Å²) in [6.45, 7) is 6.21. The number of aryl methyl sites for hydroxylation is 3. The molecule has 1 aliphatic heterocycles. The highest BCUT2D eigenvalue weighted by atomic mass is 32.1. The maximum absolute atomic E-state index is 12.9. The van der Waals surface area contributed by atoms with Crippen LogP contribution in [0.15, 0.2) is 0 Å². The molecule has 2 amide bonds. The van der Waals surface area contributed by atoms with E-state index in [1.54, 1.807) is 0 Å². The third-order valence-corrected chi connectivity index (χ3v) is 6.24. The zero-order valence-electron chi connectivity index (χ0n) is 15.2. The smallest absolute Gasteiger partial charge is 0.274 e. The number of rotatable bonds is 2. The van der Waals surface area contributed by atoms with Crippen molar-refractivity contribution in [2.24, 2.45) is 0 Å². The van der Waals surface area contributed by atoms with Crippen molar-refractivity contribution in [2.75, 3.05) is 26.2 Å². The van der Waals surface area contributed by atoms with Crippen LogP contribution in [0.5, 0.6) is 0 Å². The molecule has 0 saturated carbocycles. The molecule has 0 spiro atoms. The van der Waals surface area contributed by atoms with Crippen molar-refractivity contribution in [1.29, 1.82) is 0 Å². The van der Waals surface area contributed by atoms with Crippen LogP contribution in [-0.2, 0) is 12.8 Å². The van der Waals surface area contributed by atoms with Crippen molar-refractivity contribution in [2.45, 2.75) is 39.5 Å². The van der Waals surface area contributed by atoms with E-state index in [9.17, 15) is 9.59 Å². The van der Waals surface area contributed by atoms with Crippen LogP contribution in [-0.4, -0.2) is 63.0 Å². The number of carbonyl (C=O) groups excluding carboxylic acids is 2. The fourth-order valence-corrected chi connectivity index (χ4v) is 4.73. The number of carbonyl (C=O) groups is 2. The SMILES string of the molecule is Cc1nc(C)c(C(=O)N2CCCN(C(=O)c3n[nH]c4c3CCC4)CC2)s1. The number of nitrogens with zero attached hydrogens (tertiary/aromatic N) is 4. The zero-order valence-corrected chi connectivity index (χ0v) is 16.0. The predicted molar refractivity (Wildman–Crippen MR) is 98.6 cm³/mol. The molecular weight excluding hydrogens is 350 g/mol. The Morgan fingerprint density at radius 1 is 1.00 bits per heavy atom. The number of aromatic amines is 1. The first kappa shape index (κ1) is 17.2. The van der Waals surface area contributed by atoms with Crippen LogP contribution in [0.3, 0.4) is 0 Å². The summed E-state index contributed by atoms with van der Waals surface area (Å²) >= 11 is 1.44. The fraction of sp³-hybridized carbons (Fsp3) is 0.556. The van der Waals surface area contributed by atoms with E-state index in [1.807, 2.05) is 23.6 Å². The number of nitrogens with one attached hydrogen (secondary N) is 1. The van der Waals surface area contributed by atoms with Gasteiger partial charge in [-0.15, -0.1) is 11.3 Å². The van der Waals surface area contributed by atoms with Crippen molar-refractivity contribution in [3.8, 4) is 0 Å². The molecule has 26 heavy (non-hydrogen) atoms. The Balaban J connectivity index is 1.45. The molecule has 4 rings (SSSR count). The van der Waals surface area contributed by atoms with Crippen LogP contribution in [0.2, 0.25) is 0 Å². The molecule has 1 N–H and O–H groups in total. The van der Waals surface area contributed by atoms with Crippen molar-refractivity contribution in [3.05, 3.63) is 32.5 Å². The topological polar surface area (TPSA) is 82.2 Å². The zero-order chi connectivity index (χ0) is 18.3. The minimum atomic E-state index is -0.0106. The second-order valence-electron chi connectivity index (χ2n) is 6.97. The van der Waals surface area contributed by atoms with Crippen molar-refractivity contribution >= 4 is 23.2 Å². The summed E-state index contributed by atoms with van der Waals surface area (Å²) in [6.07, 6.45) is 3.77. The maximum Gasteiger partial charge on any atom is 0.274 e. The van der Waals surface area contributed by atoms with Gasteiger partial charge in [0.2, 0.25) is 0 Å². The highest BCUT2D eigenvalue weighted by Gasteiger charge is 2.29. The van der Waals surface area contributed by atoms with Crippen molar-refractivity contribution in [1.82, 2.24) is 25.0 Å². The summed E-state index contributed by atoms with van der Waals surface area (Å²) in [5, 5.41) is 8.17. The minimum Gasteiger partial charge on any atom is -0.336 e. The van der Waals surface area contributed by atoms with Crippen LogP contribution in [0, 0.1) is 13.8 Å². The first-order valence-corrected chi connectivity index (χ1v) is 9.95. The monoisotopic (exact) mass is 373 g/mol. The second kappa shape index (κ2) is 6.83. The molecule has 1 saturated heterocycles.